The molecular formula is C21H17N3OS. The van der Waals surface area contributed by atoms with E-state index in [4.69, 9.17) is 0 Å². The van der Waals surface area contributed by atoms with Crippen molar-refractivity contribution in [2.24, 2.45) is 10.2 Å². The number of carbonyl (C=O) groups excluding carboxylic acids is 1. The molecule has 4 rings (SSSR count). The molecule has 0 unspecified atom stereocenters. The number of amidine groups is 1. The summed E-state index contributed by atoms with van der Waals surface area (Å²) in [4.78, 5) is 13.9. The average Bonchev–Trinajstić information content (AvgIpc) is 3.03. The third-order valence-electron chi connectivity index (χ3n) is 4.20. The van der Waals surface area contributed by atoms with Gasteiger partial charge < -0.3 is 0 Å². The Balaban J connectivity index is 1.56. The molecule has 0 bridgehead atoms. The molecule has 1 saturated heterocycles. The minimum absolute atomic E-state index is 0.0676. The molecule has 1 aliphatic rings. The Morgan fingerprint density at radius 1 is 0.962 bits per heavy atom. The largest absolute Gasteiger partial charge is 0.285 e. The third kappa shape index (κ3) is 3.53. The molecular weight excluding hydrogens is 342 g/mol. The van der Waals surface area contributed by atoms with Crippen LogP contribution in [0.2, 0.25) is 0 Å². The van der Waals surface area contributed by atoms with Gasteiger partial charge in [0.2, 0.25) is 5.91 Å². The summed E-state index contributed by atoms with van der Waals surface area (Å²) in [6.07, 6.45) is 1.75. The van der Waals surface area contributed by atoms with E-state index in [1.807, 2.05) is 54.6 Å². The van der Waals surface area contributed by atoms with Crippen LogP contribution >= 0.6 is 11.8 Å². The number of hydrogen-bond donors (Lipinski definition) is 0. The van der Waals surface area contributed by atoms with Crippen LogP contribution in [0.1, 0.15) is 11.1 Å². The lowest BCUT2D eigenvalue weighted by Gasteiger charge is -2.14. The van der Waals surface area contributed by atoms with Gasteiger partial charge in [0, 0.05) is 5.56 Å². The number of carbonyl (C=O) groups is 1. The third-order valence-corrected chi connectivity index (χ3v) is 5.16. The van der Waals surface area contributed by atoms with Crippen molar-refractivity contribution in [3.63, 3.8) is 0 Å². The summed E-state index contributed by atoms with van der Waals surface area (Å²) in [5.74, 6) is 0.480. The molecule has 0 spiro atoms. The first kappa shape index (κ1) is 16.5. The lowest BCUT2D eigenvalue weighted by Crippen LogP contribution is -2.28. The average molecular weight is 359 g/mol. The van der Waals surface area contributed by atoms with E-state index < -0.39 is 0 Å². The van der Waals surface area contributed by atoms with E-state index in [2.05, 4.69) is 28.4 Å². The molecule has 4 nitrogen and oxygen atoms in total. The van der Waals surface area contributed by atoms with Crippen molar-refractivity contribution in [3.8, 4) is 0 Å². The fourth-order valence-corrected chi connectivity index (χ4v) is 3.73. The Kier molecular flexibility index (Phi) is 4.80. The van der Waals surface area contributed by atoms with Crippen LogP contribution in [0.5, 0.6) is 0 Å². The van der Waals surface area contributed by atoms with E-state index in [9.17, 15) is 4.79 Å². The van der Waals surface area contributed by atoms with Gasteiger partial charge in [-0.25, -0.2) is 0 Å². The van der Waals surface area contributed by atoms with E-state index in [0.717, 1.165) is 16.5 Å². The summed E-state index contributed by atoms with van der Waals surface area (Å²) >= 11 is 1.43. The van der Waals surface area contributed by atoms with Gasteiger partial charge in [-0.2, -0.15) is 5.10 Å². The fraction of sp³-hybridized carbons (Fsp3) is 0.0952. The van der Waals surface area contributed by atoms with Crippen molar-refractivity contribution in [1.29, 1.82) is 0 Å². The molecule has 3 aromatic rings. The summed E-state index contributed by atoms with van der Waals surface area (Å²) in [7, 11) is 0. The van der Waals surface area contributed by atoms with E-state index in [1.165, 1.54) is 17.1 Å². The number of benzene rings is 3. The second-order valence-corrected chi connectivity index (χ2v) is 6.89. The molecule has 0 saturated carbocycles. The van der Waals surface area contributed by atoms with E-state index >= 15 is 0 Å². The predicted octanol–water partition coefficient (Wildman–Crippen LogP) is 4.31. The second kappa shape index (κ2) is 7.54. The quantitative estimate of drug-likeness (QED) is 0.515. The number of fused-ring (bicyclic) bond motifs is 1. The van der Waals surface area contributed by atoms with Gasteiger partial charge in [0.05, 0.1) is 18.5 Å². The summed E-state index contributed by atoms with van der Waals surface area (Å²) < 4.78 is 0. The van der Waals surface area contributed by atoms with E-state index in [0.29, 0.717) is 17.5 Å². The molecule has 0 aromatic heterocycles. The van der Waals surface area contributed by atoms with Crippen LogP contribution in [-0.4, -0.2) is 27.9 Å². The predicted molar refractivity (Wildman–Crippen MR) is 108 cm³/mol. The monoisotopic (exact) mass is 359 g/mol. The van der Waals surface area contributed by atoms with Gasteiger partial charge in [-0.1, -0.05) is 84.6 Å². The highest BCUT2D eigenvalue weighted by Crippen LogP contribution is 2.22. The SMILES string of the molecule is O=C1CS/C(=N/N=C\c2cccc3ccccc23)N1Cc1ccccc1. The highest BCUT2D eigenvalue weighted by atomic mass is 32.2. The molecule has 1 aliphatic heterocycles. The van der Waals surface area contributed by atoms with Crippen LogP contribution in [0.3, 0.4) is 0 Å². The summed E-state index contributed by atoms with van der Waals surface area (Å²) in [6.45, 7) is 0.523. The Hall–Kier alpha value is -2.92. The molecule has 128 valence electrons. The standard InChI is InChI=1S/C21H17N3OS/c25-20-15-26-21(24(20)14-16-7-2-1-3-8-16)23-22-13-18-11-6-10-17-9-4-5-12-19(17)18/h1-13H,14-15H2/b22-13-,23-21+. The van der Waals surface area contributed by atoms with Gasteiger partial charge in [0.15, 0.2) is 5.17 Å². The highest BCUT2D eigenvalue weighted by Gasteiger charge is 2.28. The molecule has 0 aliphatic carbocycles. The summed E-state index contributed by atoms with van der Waals surface area (Å²) in [5.41, 5.74) is 2.09. The number of rotatable bonds is 4. The second-order valence-electron chi connectivity index (χ2n) is 5.95. The molecule has 26 heavy (non-hydrogen) atoms. The number of thioether (sulfide) groups is 1. The zero-order chi connectivity index (χ0) is 17.8. The lowest BCUT2D eigenvalue weighted by molar-refractivity contribution is -0.124. The van der Waals surface area contributed by atoms with Crippen molar-refractivity contribution >= 4 is 39.8 Å². The number of nitrogens with zero attached hydrogens (tertiary/aromatic N) is 3. The molecule has 0 atom stereocenters. The molecule has 5 heteroatoms. The maximum absolute atomic E-state index is 12.2. The molecule has 1 heterocycles. The molecule has 3 aromatic carbocycles. The lowest BCUT2D eigenvalue weighted by atomic mass is 10.1. The van der Waals surface area contributed by atoms with Crippen molar-refractivity contribution in [3.05, 3.63) is 83.9 Å². The van der Waals surface area contributed by atoms with Gasteiger partial charge >= 0.3 is 0 Å². The summed E-state index contributed by atoms with van der Waals surface area (Å²) in [5, 5.41) is 11.5. The number of amides is 1. The van der Waals surface area contributed by atoms with Gasteiger partial charge in [0.25, 0.3) is 0 Å². The first-order valence-electron chi connectivity index (χ1n) is 8.37. The van der Waals surface area contributed by atoms with Gasteiger partial charge in [0.1, 0.15) is 0 Å². The van der Waals surface area contributed by atoms with Crippen LogP contribution in [0.4, 0.5) is 0 Å². The van der Waals surface area contributed by atoms with Crippen molar-refractivity contribution in [2.75, 3.05) is 5.75 Å². The van der Waals surface area contributed by atoms with Crippen molar-refractivity contribution < 1.29 is 4.79 Å². The Morgan fingerprint density at radius 3 is 2.62 bits per heavy atom. The zero-order valence-electron chi connectivity index (χ0n) is 14.1. The molecule has 1 amide bonds. The first-order chi connectivity index (χ1) is 12.8. The minimum Gasteiger partial charge on any atom is -0.285 e. The molecule has 0 radical (unpaired) electrons. The van der Waals surface area contributed by atoms with Crippen LogP contribution in [0, 0.1) is 0 Å². The Bertz CT molecular complexity index is 993. The molecule has 0 N–H and O–H groups in total. The van der Waals surface area contributed by atoms with Gasteiger partial charge in [-0.15, -0.1) is 5.10 Å². The highest BCUT2D eigenvalue weighted by molar-refractivity contribution is 8.15. The normalized spacial score (nSPS) is 16.2. The topological polar surface area (TPSA) is 45.0 Å². The number of hydrogen-bond acceptors (Lipinski definition) is 4. The molecule has 1 fully saturated rings. The first-order valence-corrected chi connectivity index (χ1v) is 9.36. The Morgan fingerprint density at radius 2 is 1.73 bits per heavy atom. The van der Waals surface area contributed by atoms with Crippen LogP contribution in [-0.2, 0) is 11.3 Å². The van der Waals surface area contributed by atoms with Crippen LogP contribution in [0.15, 0.2) is 83.0 Å². The minimum atomic E-state index is 0.0676. The van der Waals surface area contributed by atoms with Gasteiger partial charge in [-0.05, 0) is 16.3 Å². The van der Waals surface area contributed by atoms with E-state index in [1.54, 1.807) is 11.1 Å². The maximum atomic E-state index is 12.2. The zero-order valence-corrected chi connectivity index (χ0v) is 14.9. The van der Waals surface area contributed by atoms with Crippen molar-refractivity contribution in [2.45, 2.75) is 6.54 Å². The fourth-order valence-electron chi connectivity index (χ4n) is 2.90. The summed E-state index contributed by atoms with van der Waals surface area (Å²) in [6, 6.07) is 24.2. The smallest absolute Gasteiger partial charge is 0.239 e. The van der Waals surface area contributed by atoms with Crippen LogP contribution in [0.25, 0.3) is 10.8 Å². The van der Waals surface area contributed by atoms with Gasteiger partial charge in [-0.3, -0.25) is 9.69 Å². The van der Waals surface area contributed by atoms with E-state index in [-0.39, 0.29) is 5.91 Å². The Labute approximate surface area is 156 Å². The van der Waals surface area contributed by atoms with Crippen LogP contribution < -0.4 is 0 Å². The van der Waals surface area contributed by atoms with Crippen molar-refractivity contribution in [1.82, 2.24) is 4.90 Å². The maximum Gasteiger partial charge on any atom is 0.239 e.